The van der Waals surface area contributed by atoms with Gasteiger partial charge in [0.15, 0.2) is 6.23 Å². The first-order valence-electron chi connectivity index (χ1n) is 3.32. The molecule has 2 heteroatoms. The van der Waals surface area contributed by atoms with Gasteiger partial charge in [0.2, 0.25) is 0 Å². The van der Waals surface area contributed by atoms with E-state index in [1.54, 1.807) is 0 Å². The smallest absolute Gasteiger partial charge is 0.179 e. The van der Waals surface area contributed by atoms with Crippen molar-refractivity contribution in [3.05, 3.63) is 35.9 Å². The number of hydroxylamine groups is 2. The van der Waals surface area contributed by atoms with E-state index in [0.717, 1.165) is 0 Å². The van der Waals surface area contributed by atoms with Crippen molar-refractivity contribution in [3.63, 3.8) is 0 Å². The highest BCUT2D eigenvalue weighted by Crippen LogP contribution is 2.33. The van der Waals surface area contributed by atoms with Crippen LogP contribution in [-0.2, 0) is 4.84 Å². The highest BCUT2D eigenvalue weighted by atomic mass is 16.8. The molecule has 0 aliphatic carbocycles. The van der Waals surface area contributed by atoms with E-state index in [1.165, 1.54) is 5.56 Å². The minimum absolute atomic E-state index is 0.209. The summed E-state index contributed by atoms with van der Waals surface area (Å²) in [5, 5.41) is 1.83. The fourth-order valence-corrected chi connectivity index (χ4v) is 1.02. The van der Waals surface area contributed by atoms with Crippen molar-refractivity contribution < 1.29 is 4.84 Å². The lowest BCUT2D eigenvalue weighted by Crippen LogP contribution is -1.86. The molecule has 1 unspecified atom stereocenters. The van der Waals surface area contributed by atoms with Crippen molar-refractivity contribution in [1.29, 1.82) is 0 Å². The summed E-state index contributed by atoms with van der Waals surface area (Å²) in [7, 11) is 1.93. The third kappa shape index (κ3) is 0.916. The van der Waals surface area contributed by atoms with Crippen LogP contribution < -0.4 is 0 Å². The first-order chi connectivity index (χ1) is 4.88. The summed E-state index contributed by atoms with van der Waals surface area (Å²) in [5.74, 6) is 0. The molecule has 0 saturated carbocycles. The second kappa shape index (κ2) is 2.08. The molecule has 2 atom stereocenters. The van der Waals surface area contributed by atoms with E-state index >= 15 is 0 Å². The maximum absolute atomic E-state index is 5.14. The topological polar surface area (TPSA) is 15.5 Å². The summed E-state index contributed by atoms with van der Waals surface area (Å²) in [6, 6.07) is 10.2. The van der Waals surface area contributed by atoms with E-state index in [-0.39, 0.29) is 6.23 Å². The lowest BCUT2D eigenvalue weighted by Gasteiger charge is -1.90. The normalized spacial score (nSPS) is 30.1. The monoisotopic (exact) mass is 135 g/mol. The molecule has 1 aliphatic rings. The van der Waals surface area contributed by atoms with Gasteiger partial charge in [-0.2, -0.15) is 5.06 Å². The molecular weight excluding hydrogens is 126 g/mol. The molecule has 0 aromatic heterocycles. The number of hydrogen-bond acceptors (Lipinski definition) is 2. The van der Waals surface area contributed by atoms with Gasteiger partial charge in [0.1, 0.15) is 0 Å². The van der Waals surface area contributed by atoms with Gasteiger partial charge in [-0.3, -0.25) is 4.84 Å². The summed E-state index contributed by atoms with van der Waals surface area (Å²) in [4.78, 5) is 5.14. The molecule has 0 N–H and O–H groups in total. The summed E-state index contributed by atoms with van der Waals surface area (Å²) in [6.07, 6.45) is 0.209. The van der Waals surface area contributed by atoms with E-state index in [2.05, 4.69) is 12.1 Å². The van der Waals surface area contributed by atoms with Crippen molar-refractivity contribution in [3.8, 4) is 0 Å². The van der Waals surface area contributed by atoms with Crippen molar-refractivity contribution in [2.24, 2.45) is 0 Å². The first kappa shape index (κ1) is 5.89. The van der Waals surface area contributed by atoms with Crippen LogP contribution in [0, 0.1) is 0 Å². The molecule has 1 aliphatic heterocycles. The average molecular weight is 135 g/mol. The molecule has 0 bridgehead atoms. The third-order valence-corrected chi connectivity index (χ3v) is 1.64. The molecule has 0 spiro atoms. The van der Waals surface area contributed by atoms with Gasteiger partial charge in [0, 0.05) is 7.05 Å². The van der Waals surface area contributed by atoms with Crippen LogP contribution in [-0.4, -0.2) is 12.1 Å². The minimum Gasteiger partial charge on any atom is -0.270 e. The fraction of sp³-hybridized carbons (Fsp3) is 0.250. The fourth-order valence-electron chi connectivity index (χ4n) is 1.02. The van der Waals surface area contributed by atoms with Crippen molar-refractivity contribution >= 4 is 0 Å². The summed E-state index contributed by atoms with van der Waals surface area (Å²) in [6.45, 7) is 0. The van der Waals surface area contributed by atoms with E-state index in [4.69, 9.17) is 4.84 Å². The number of rotatable bonds is 1. The van der Waals surface area contributed by atoms with Crippen molar-refractivity contribution in [1.82, 2.24) is 5.06 Å². The Morgan fingerprint density at radius 1 is 1.30 bits per heavy atom. The Morgan fingerprint density at radius 2 is 1.90 bits per heavy atom. The molecule has 2 nitrogen and oxygen atoms in total. The minimum atomic E-state index is 0.209. The van der Waals surface area contributed by atoms with Gasteiger partial charge < -0.3 is 0 Å². The van der Waals surface area contributed by atoms with Crippen LogP contribution in [0.15, 0.2) is 30.3 Å². The Labute approximate surface area is 60.0 Å². The highest BCUT2D eigenvalue weighted by molar-refractivity contribution is 5.18. The lowest BCUT2D eigenvalue weighted by molar-refractivity contribution is 0.233. The predicted octanol–water partition coefficient (Wildman–Crippen LogP) is 1.56. The number of hydrogen-bond donors (Lipinski definition) is 0. The zero-order valence-corrected chi connectivity index (χ0v) is 5.82. The summed E-state index contributed by atoms with van der Waals surface area (Å²) >= 11 is 0. The van der Waals surface area contributed by atoms with Crippen molar-refractivity contribution in [2.45, 2.75) is 6.23 Å². The van der Waals surface area contributed by atoms with Crippen LogP contribution in [0.2, 0.25) is 0 Å². The first-order valence-corrected chi connectivity index (χ1v) is 3.32. The zero-order valence-electron chi connectivity index (χ0n) is 5.82. The Hall–Kier alpha value is -0.860. The zero-order chi connectivity index (χ0) is 6.97. The van der Waals surface area contributed by atoms with Crippen LogP contribution in [0.4, 0.5) is 0 Å². The van der Waals surface area contributed by atoms with Gasteiger partial charge in [-0.1, -0.05) is 30.3 Å². The number of nitrogens with zero attached hydrogens (tertiary/aromatic N) is 1. The van der Waals surface area contributed by atoms with Crippen LogP contribution in [0.3, 0.4) is 0 Å². The van der Waals surface area contributed by atoms with Crippen LogP contribution in [0.1, 0.15) is 11.8 Å². The van der Waals surface area contributed by atoms with Gasteiger partial charge in [0.25, 0.3) is 0 Å². The predicted molar refractivity (Wildman–Crippen MR) is 38.0 cm³/mol. The summed E-state index contributed by atoms with van der Waals surface area (Å²) < 4.78 is 0. The Kier molecular flexibility index (Phi) is 1.22. The number of benzene rings is 1. The lowest BCUT2D eigenvalue weighted by atomic mass is 10.2. The standard InChI is InChI=1S/C8H9NO/c1-9-8(10-9)7-5-3-2-4-6-7/h2-6,8H,1H3/t8-,9?/m1/s1. The Balaban J connectivity index is 2.20. The van der Waals surface area contributed by atoms with Gasteiger partial charge in [-0.05, 0) is 5.56 Å². The van der Waals surface area contributed by atoms with Gasteiger partial charge >= 0.3 is 0 Å². The van der Waals surface area contributed by atoms with Gasteiger partial charge in [-0.25, -0.2) is 0 Å². The molecule has 10 heavy (non-hydrogen) atoms. The molecule has 1 fully saturated rings. The van der Waals surface area contributed by atoms with E-state index < -0.39 is 0 Å². The maximum atomic E-state index is 5.14. The van der Waals surface area contributed by atoms with Crippen molar-refractivity contribution in [2.75, 3.05) is 7.05 Å². The average Bonchev–Trinajstić information content (AvgIpc) is 2.69. The molecule has 1 aromatic rings. The quantitative estimate of drug-likeness (QED) is 0.543. The van der Waals surface area contributed by atoms with E-state index in [0.29, 0.717) is 0 Å². The molecule has 1 aromatic carbocycles. The molecule has 1 heterocycles. The van der Waals surface area contributed by atoms with Gasteiger partial charge in [0.05, 0.1) is 0 Å². The third-order valence-electron chi connectivity index (χ3n) is 1.64. The van der Waals surface area contributed by atoms with E-state index in [1.807, 2.05) is 30.3 Å². The van der Waals surface area contributed by atoms with Crippen LogP contribution >= 0.6 is 0 Å². The van der Waals surface area contributed by atoms with E-state index in [9.17, 15) is 0 Å². The molecule has 52 valence electrons. The Bertz CT molecular complexity index is 222. The second-order valence-corrected chi connectivity index (χ2v) is 2.41. The SMILES string of the molecule is CN1O[C@@H]1c1ccccc1. The second-order valence-electron chi connectivity index (χ2n) is 2.41. The highest BCUT2D eigenvalue weighted by Gasteiger charge is 2.33. The molecule has 0 radical (unpaired) electrons. The largest absolute Gasteiger partial charge is 0.270 e. The van der Waals surface area contributed by atoms with Gasteiger partial charge in [-0.15, -0.1) is 0 Å². The molecule has 2 rings (SSSR count). The van der Waals surface area contributed by atoms with Crippen LogP contribution in [0.5, 0.6) is 0 Å². The Morgan fingerprint density at radius 3 is 2.40 bits per heavy atom. The maximum Gasteiger partial charge on any atom is 0.179 e. The molecule has 0 amide bonds. The molecule has 1 saturated heterocycles. The molecular formula is C8H9NO. The summed E-state index contributed by atoms with van der Waals surface area (Å²) in [5.41, 5.74) is 1.23. The van der Waals surface area contributed by atoms with Crippen LogP contribution in [0.25, 0.3) is 0 Å².